The zero-order valence-electron chi connectivity index (χ0n) is 17.1. The van der Waals surface area contributed by atoms with Crippen molar-refractivity contribution in [3.8, 4) is 5.69 Å². The normalized spacial score (nSPS) is 11.0. The molecule has 0 spiro atoms. The van der Waals surface area contributed by atoms with Crippen LogP contribution in [-0.4, -0.2) is 25.9 Å². The number of thiazole rings is 1. The van der Waals surface area contributed by atoms with Crippen LogP contribution in [0.3, 0.4) is 0 Å². The van der Waals surface area contributed by atoms with Gasteiger partial charge in [0.2, 0.25) is 0 Å². The van der Waals surface area contributed by atoms with Crippen molar-refractivity contribution in [2.75, 3.05) is 5.32 Å². The van der Waals surface area contributed by atoms with E-state index in [2.05, 4.69) is 20.6 Å². The van der Waals surface area contributed by atoms with Gasteiger partial charge >= 0.3 is 0 Å². The molecule has 2 aromatic heterocycles. The molecule has 0 fully saturated rings. The third-order valence-corrected chi connectivity index (χ3v) is 6.50. The highest BCUT2D eigenvalue weighted by Gasteiger charge is 2.20. The third kappa shape index (κ3) is 4.63. The van der Waals surface area contributed by atoms with Crippen molar-refractivity contribution in [3.63, 3.8) is 0 Å². The summed E-state index contributed by atoms with van der Waals surface area (Å²) in [5, 5.41) is 12.8. The van der Waals surface area contributed by atoms with Gasteiger partial charge in [-0.25, -0.2) is 9.67 Å². The van der Waals surface area contributed by atoms with Crippen molar-refractivity contribution < 1.29 is 4.79 Å². The summed E-state index contributed by atoms with van der Waals surface area (Å²) < 4.78 is 1.65. The molecule has 31 heavy (non-hydrogen) atoms. The summed E-state index contributed by atoms with van der Waals surface area (Å²) in [5.74, 6) is -0.350. The van der Waals surface area contributed by atoms with Crippen molar-refractivity contribution in [1.29, 1.82) is 0 Å². The maximum Gasteiger partial charge on any atom is 0.279 e. The monoisotopic (exact) mass is 471 g/mol. The van der Waals surface area contributed by atoms with Gasteiger partial charge in [-0.2, -0.15) is 0 Å². The molecule has 9 heteroatoms. The third-order valence-electron chi connectivity index (χ3n) is 4.83. The summed E-state index contributed by atoms with van der Waals surface area (Å²) in [5.41, 5.74) is 4.61. The van der Waals surface area contributed by atoms with E-state index in [1.165, 1.54) is 11.3 Å². The van der Waals surface area contributed by atoms with Crippen LogP contribution in [0.25, 0.3) is 5.69 Å². The lowest BCUT2D eigenvalue weighted by Gasteiger charge is -2.04. The van der Waals surface area contributed by atoms with E-state index >= 15 is 0 Å². The van der Waals surface area contributed by atoms with Gasteiger partial charge < -0.3 is 0 Å². The molecule has 2 heterocycles. The van der Waals surface area contributed by atoms with E-state index in [0.29, 0.717) is 27.3 Å². The minimum atomic E-state index is -0.350. The van der Waals surface area contributed by atoms with Crippen LogP contribution in [0.4, 0.5) is 5.13 Å². The molecule has 4 aromatic rings. The minimum absolute atomic E-state index is 0.258. The number of benzene rings is 2. The van der Waals surface area contributed by atoms with Gasteiger partial charge in [-0.05, 0) is 62.2 Å². The Morgan fingerprint density at radius 2 is 1.94 bits per heavy atom. The van der Waals surface area contributed by atoms with E-state index < -0.39 is 0 Å². The Hall–Kier alpha value is -2.74. The fourth-order valence-corrected chi connectivity index (χ4v) is 4.56. The van der Waals surface area contributed by atoms with Crippen LogP contribution in [0, 0.1) is 20.8 Å². The Balaban J connectivity index is 1.53. The van der Waals surface area contributed by atoms with Crippen LogP contribution in [0.2, 0.25) is 10.0 Å². The highest BCUT2D eigenvalue weighted by atomic mass is 35.5. The lowest BCUT2D eigenvalue weighted by atomic mass is 10.1. The molecule has 2 aromatic carbocycles. The van der Waals surface area contributed by atoms with Gasteiger partial charge in [0.25, 0.3) is 5.91 Å². The van der Waals surface area contributed by atoms with Crippen molar-refractivity contribution in [3.05, 3.63) is 85.6 Å². The van der Waals surface area contributed by atoms with Gasteiger partial charge in [-0.3, -0.25) is 10.1 Å². The lowest BCUT2D eigenvalue weighted by Crippen LogP contribution is -2.14. The van der Waals surface area contributed by atoms with E-state index in [0.717, 1.165) is 27.4 Å². The van der Waals surface area contributed by atoms with Gasteiger partial charge in [0.15, 0.2) is 10.8 Å². The number of amides is 1. The number of nitrogens with zero attached hydrogens (tertiary/aromatic N) is 4. The molecule has 0 aliphatic heterocycles. The first-order valence-electron chi connectivity index (χ1n) is 9.52. The Bertz CT molecular complexity index is 1280. The van der Waals surface area contributed by atoms with E-state index in [9.17, 15) is 4.79 Å². The van der Waals surface area contributed by atoms with Gasteiger partial charge in [0, 0.05) is 21.3 Å². The predicted octanol–water partition coefficient (Wildman–Crippen LogP) is 5.80. The van der Waals surface area contributed by atoms with Gasteiger partial charge in [0.1, 0.15) is 0 Å². The van der Waals surface area contributed by atoms with Crippen LogP contribution in [0.5, 0.6) is 0 Å². The zero-order valence-corrected chi connectivity index (χ0v) is 19.4. The number of anilines is 1. The fourth-order valence-electron chi connectivity index (χ4n) is 3.20. The molecule has 0 aliphatic carbocycles. The minimum Gasteiger partial charge on any atom is -0.296 e. The van der Waals surface area contributed by atoms with Crippen LogP contribution >= 0.6 is 34.5 Å². The van der Waals surface area contributed by atoms with E-state index in [1.807, 2.05) is 51.1 Å². The van der Waals surface area contributed by atoms with Gasteiger partial charge in [0.05, 0.1) is 17.1 Å². The van der Waals surface area contributed by atoms with Gasteiger partial charge in [-0.15, -0.1) is 16.4 Å². The zero-order chi connectivity index (χ0) is 22.1. The van der Waals surface area contributed by atoms with E-state index in [-0.39, 0.29) is 11.6 Å². The number of hydrogen-bond acceptors (Lipinski definition) is 5. The Kier molecular flexibility index (Phi) is 6.09. The molecule has 0 bridgehead atoms. The van der Waals surface area contributed by atoms with Crippen molar-refractivity contribution in [1.82, 2.24) is 20.0 Å². The Morgan fingerprint density at radius 3 is 2.71 bits per heavy atom. The van der Waals surface area contributed by atoms with E-state index in [4.69, 9.17) is 23.2 Å². The Morgan fingerprint density at radius 1 is 1.13 bits per heavy atom. The second-order valence-corrected chi connectivity index (χ2v) is 9.10. The fraction of sp³-hybridized carbons (Fsp3) is 0.182. The second-order valence-electron chi connectivity index (χ2n) is 7.17. The SMILES string of the molecule is Cc1cccc(-n2nnc(C(=O)Nc3nc(C)c(Cc4cc(Cl)ccc4Cl)s3)c2C)c1. The first-order chi connectivity index (χ1) is 14.8. The van der Waals surface area contributed by atoms with E-state index in [1.54, 1.807) is 16.8 Å². The predicted molar refractivity (Wildman–Crippen MR) is 125 cm³/mol. The largest absolute Gasteiger partial charge is 0.296 e. The molecular formula is C22H19Cl2N5OS. The quantitative estimate of drug-likeness (QED) is 0.399. The number of aromatic nitrogens is 4. The summed E-state index contributed by atoms with van der Waals surface area (Å²) >= 11 is 13.8. The maximum atomic E-state index is 12.8. The molecule has 158 valence electrons. The van der Waals surface area contributed by atoms with Crippen molar-refractivity contribution in [2.24, 2.45) is 0 Å². The number of nitrogens with one attached hydrogen (secondary N) is 1. The highest BCUT2D eigenvalue weighted by Crippen LogP contribution is 2.29. The number of carbonyl (C=O) groups excluding carboxylic acids is 1. The molecule has 0 saturated heterocycles. The molecule has 1 N–H and O–H groups in total. The van der Waals surface area contributed by atoms with Crippen LogP contribution < -0.4 is 5.32 Å². The number of carbonyl (C=O) groups is 1. The molecule has 6 nitrogen and oxygen atoms in total. The highest BCUT2D eigenvalue weighted by molar-refractivity contribution is 7.15. The summed E-state index contributed by atoms with van der Waals surface area (Å²) in [4.78, 5) is 18.3. The molecule has 0 aliphatic rings. The lowest BCUT2D eigenvalue weighted by molar-refractivity contribution is 0.102. The molecule has 4 rings (SSSR count). The molecule has 0 atom stereocenters. The topological polar surface area (TPSA) is 72.7 Å². The first kappa shape index (κ1) is 21.5. The standard InChI is InChI=1S/C22H19Cl2N5OS/c1-12-5-4-6-17(9-12)29-14(3)20(27-28-29)21(30)26-22-25-13(2)19(31-22)11-15-10-16(23)7-8-18(15)24/h4-10H,11H2,1-3H3,(H,25,26,30). The molecule has 1 amide bonds. The summed E-state index contributed by atoms with van der Waals surface area (Å²) in [6.07, 6.45) is 0.585. The molecule has 0 unspecified atom stereocenters. The molecular weight excluding hydrogens is 453 g/mol. The van der Waals surface area contributed by atoms with Crippen molar-refractivity contribution >= 4 is 45.6 Å². The van der Waals surface area contributed by atoms with Crippen molar-refractivity contribution in [2.45, 2.75) is 27.2 Å². The second kappa shape index (κ2) is 8.78. The molecule has 0 radical (unpaired) electrons. The number of hydrogen-bond donors (Lipinski definition) is 1. The average Bonchev–Trinajstić information content (AvgIpc) is 3.27. The number of rotatable bonds is 5. The Labute approximate surface area is 193 Å². The average molecular weight is 472 g/mol. The van der Waals surface area contributed by atoms with Crippen LogP contribution in [0.1, 0.15) is 37.9 Å². The first-order valence-corrected chi connectivity index (χ1v) is 11.1. The maximum absolute atomic E-state index is 12.8. The van der Waals surface area contributed by atoms with Gasteiger partial charge in [-0.1, -0.05) is 40.5 Å². The van der Waals surface area contributed by atoms with Crippen LogP contribution in [0.15, 0.2) is 42.5 Å². The summed E-state index contributed by atoms with van der Waals surface area (Å²) in [6, 6.07) is 13.2. The summed E-state index contributed by atoms with van der Waals surface area (Å²) in [7, 11) is 0. The van der Waals surface area contributed by atoms with Crippen LogP contribution in [-0.2, 0) is 6.42 Å². The summed E-state index contributed by atoms with van der Waals surface area (Å²) in [6.45, 7) is 5.72. The molecule has 0 saturated carbocycles. The smallest absolute Gasteiger partial charge is 0.279 e. The number of halogens is 2. The number of aryl methyl sites for hydroxylation is 2.